The Morgan fingerprint density at radius 3 is 2.68 bits per heavy atom. The summed E-state index contributed by atoms with van der Waals surface area (Å²) in [6, 6.07) is 6.55. The summed E-state index contributed by atoms with van der Waals surface area (Å²) in [5.41, 5.74) is 5.29. The maximum Gasteiger partial charge on any atom is 0.404 e. The summed E-state index contributed by atoms with van der Waals surface area (Å²) >= 11 is 0. The van der Waals surface area contributed by atoms with Crippen molar-refractivity contribution in [3.8, 4) is 0 Å². The third-order valence-corrected chi connectivity index (χ3v) is 3.70. The molecular weight excluding hydrogens is 270 g/mol. The molecule has 0 saturated heterocycles. The maximum absolute atomic E-state index is 12.0. The fourth-order valence-corrected chi connectivity index (χ4v) is 2.64. The molecule has 0 fully saturated rings. The van der Waals surface area contributed by atoms with Gasteiger partial charge in [0.25, 0.3) is 0 Å². The average molecular weight is 287 g/mol. The van der Waals surface area contributed by atoms with E-state index in [0.717, 1.165) is 0 Å². The van der Waals surface area contributed by atoms with Crippen LogP contribution in [0, 0.1) is 0 Å². The molecular formula is C11H17N3O4S. The van der Waals surface area contributed by atoms with E-state index in [1.54, 1.807) is 18.2 Å². The summed E-state index contributed by atoms with van der Waals surface area (Å²) in [7, 11) is -3.66. The van der Waals surface area contributed by atoms with Crippen LogP contribution in [0.25, 0.3) is 0 Å². The quantitative estimate of drug-likeness (QED) is 0.632. The van der Waals surface area contributed by atoms with Gasteiger partial charge in [-0.05, 0) is 19.1 Å². The molecule has 0 aliphatic carbocycles. The highest BCUT2D eigenvalue weighted by Gasteiger charge is 2.17. The van der Waals surface area contributed by atoms with Gasteiger partial charge in [-0.2, -0.15) is 0 Å². The second-order valence-corrected chi connectivity index (χ2v) is 5.33. The maximum atomic E-state index is 12.0. The minimum absolute atomic E-state index is 0.0360. The third kappa shape index (κ3) is 4.76. The predicted octanol–water partition coefficient (Wildman–Crippen LogP) is 0.492. The Morgan fingerprint density at radius 1 is 1.37 bits per heavy atom. The van der Waals surface area contributed by atoms with Crippen LogP contribution in [0.15, 0.2) is 29.2 Å². The lowest BCUT2D eigenvalue weighted by atomic mass is 10.3. The number of hydrogen-bond acceptors (Lipinski definition) is 5. The molecule has 0 aromatic heterocycles. The molecule has 1 rings (SSSR count). The fraction of sp³-hybridized carbons (Fsp3) is 0.364. The molecule has 0 bridgehead atoms. The zero-order valence-electron chi connectivity index (χ0n) is 10.5. The molecule has 0 aliphatic rings. The Morgan fingerprint density at radius 2 is 2.05 bits per heavy atom. The largest absolute Gasteiger partial charge is 0.448 e. The lowest BCUT2D eigenvalue weighted by molar-refractivity contribution is 0.159. The second kappa shape index (κ2) is 6.95. The molecule has 0 unspecified atom stereocenters. The number of amides is 1. The Labute approximate surface area is 112 Å². The Balaban J connectivity index is 2.74. The Kier molecular flexibility index (Phi) is 5.58. The summed E-state index contributed by atoms with van der Waals surface area (Å²) in [5.74, 6) is 0. The van der Waals surface area contributed by atoms with Crippen LogP contribution in [-0.4, -0.2) is 34.2 Å². The zero-order valence-corrected chi connectivity index (χ0v) is 11.4. The van der Waals surface area contributed by atoms with Crippen molar-refractivity contribution in [2.45, 2.75) is 11.8 Å². The minimum Gasteiger partial charge on any atom is -0.448 e. The van der Waals surface area contributed by atoms with Gasteiger partial charge < -0.3 is 15.8 Å². The normalized spacial score (nSPS) is 11.0. The summed E-state index contributed by atoms with van der Waals surface area (Å²) in [5, 5.41) is 2.97. The molecule has 0 radical (unpaired) electrons. The highest BCUT2D eigenvalue weighted by molar-refractivity contribution is 7.89. The summed E-state index contributed by atoms with van der Waals surface area (Å²) < 4.78 is 30.9. The van der Waals surface area contributed by atoms with Gasteiger partial charge in [-0.15, -0.1) is 0 Å². The van der Waals surface area contributed by atoms with Crippen molar-refractivity contribution in [3.63, 3.8) is 0 Å². The molecule has 19 heavy (non-hydrogen) atoms. The number of primary amides is 1. The summed E-state index contributed by atoms with van der Waals surface area (Å²) in [6.07, 6.45) is -0.938. The number of carbonyl (C=O) groups is 1. The van der Waals surface area contributed by atoms with Crippen LogP contribution in [0.3, 0.4) is 0 Å². The van der Waals surface area contributed by atoms with E-state index >= 15 is 0 Å². The van der Waals surface area contributed by atoms with E-state index in [1.165, 1.54) is 6.07 Å². The summed E-state index contributed by atoms with van der Waals surface area (Å²) in [4.78, 5) is 10.5. The van der Waals surface area contributed by atoms with Gasteiger partial charge >= 0.3 is 6.09 Å². The first kappa shape index (κ1) is 15.3. The predicted molar refractivity (Wildman–Crippen MR) is 71.3 cm³/mol. The highest BCUT2D eigenvalue weighted by atomic mass is 32.2. The van der Waals surface area contributed by atoms with E-state index in [4.69, 9.17) is 5.73 Å². The molecule has 0 spiro atoms. The topological polar surface area (TPSA) is 111 Å². The third-order valence-electron chi connectivity index (χ3n) is 2.18. The van der Waals surface area contributed by atoms with Crippen LogP contribution >= 0.6 is 0 Å². The van der Waals surface area contributed by atoms with Crippen molar-refractivity contribution < 1.29 is 17.9 Å². The van der Waals surface area contributed by atoms with Crippen LogP contribution in [0.5, 0.6) is 0 Å². The van der Waals surface area contributed by atoms with Gasteiger partial charge in [0, 0.05) is 13.1 Å². The molecule has 0 heterocycles. The lowest BCUT2D eigenvalue weighted by Gasteiger charge is -2.12. The SMILES string of the molecule is CCNc1ccccc1S(=O)(=O)NCCOC(N)=O. The number of nitrogens with two attached hydrogens (primary N) is 1. The molecule has 0 saturated carbocycles. The number of carbonyl (C=O) groups excluding carboxylic acids is 1. The number of nitrogens with one attached hydrogen (secondary N) is 2. The number of rotatable bonds is 7. The van der Waals surface area contributed by atoms with Gasteiger partial charge in [-0.25, -0.2) is 17.9 Å². The number of hydrogen-bond donors (Lipinski definition) is 3. The number of para-hydroxylation sites is 1. The van der Waals surface area contributed by atoms with Crippen molar-refractivity contribution in [3.05, 3.63) is 24.3 Å². The van der Waals surface area contributed by atoms with Crippen molar-refractivity contribution in [1.29, 1.82) is 0 Å². The highest BCUT2D eigenvalue weighted by Crippen LogP contribution is 2.19. The van der Waals surface area contributed by atoms with Crippen LogP contribution in [0.4, 0.5) is 10.5 Å². The van der Waals surface area contributed by atoms with Crippen LogP contribution in [0.1, 0.15) is 6.92 Å². The van der Waals surface area contributed by atoms with Crippen LogP contribution in [-0.2, 0) is 14.8 Å². The molecule has 1 amide bonds. The second-order valence-electron chi connectivity index (χ2n) is 3.59. The molecule has 0 atom stereocenters. The van der Waals surface area contributed by atoms with Gasteiger partial charge in [-0.1, -0.05) is 12.1 Å². The number of benzene rings is 1. The van der Waals surface area contributed by atoms with E-state index in [9.17, 15) is 13.2 Å². The number of anilines is 1. The zero-order chi connectivity index (χ0) is 14.3. The van der Waals surface area contributed by atoms with E-state index in [1.807, 2.05) is 6.92 Å². The van der Waals surface area contributed by atoms with Crippen molar-refractivity contribution >= 4 is 21.8 Å². The van der Waals surface area contributed by atoms with Crippen molar-refractivity contribution in [2.24, 2.45) is 5.73 Å². The monoisotopic (exact) mass is 287 g/mol. The number of ether oxygens (including phenoxy) is 1. The van der Waals surface area contributed by atoms with Gasteiger partial charge in [0.15, 0.2) is 0 Å². The first-order valence-electron chi connectivity index (χ1n) is 5.72. The Hall–Kier alpha value is -1.80. The summed E-state index contributed by atoms with van der Waals surface area (Å²) in [6.45, 7) is 2.33. The van der Waals surface area contributed by atoms with Gasteiger partial charge in [0.05, 0.1) is 5.69 Å². The molecule has 8 heteroatoms. The Bertz CT molecular complexity index is 530. The molecule has 106 valence electrons. The van der Waals surface area contributed by atoms with Gasteiger partial charge in [-0.3, -0.25) is 0 Å². The van der Waals surface area contributed by atoms with Crippen LogP contribution in [0.2, 0.25) is 0 Å². The molecule has 1 aromatic rings. The molecule has 4 N–H and O–H groups in total. The first-order chi connectivity index (χ1) is 8.97. The molecule has 1 aromatic carbocycles. The molecule has 7 nitrogen and oxygen atoms in total. The van der Waals surface area contributed by atoms with E-state index in [-0.39, 0.29) is 18.0 Å². The first-order valence-corrected chi connectivity index (χ1v) is 7.20. The fourth-order valence-electron chi connectivity index (χ4n) is 1.44. The van der Waals surface area contributed by atoms with E-state index in [0.29, 0.717) is 12.2 Å². The van der Waals surface area contributed by atoms with Crippen molar-refractivity contribution in [2.75, 3.05) is 25.0 Å². The van der Waals surface area contributed by atoms with Crippen molar-refractivity contribution in [1.82, 2.24) is 4.72 Å². The van der Waals surface area contributed by atoms with E-state index < -0.39 is 16.1 Å². The lowest BCUT2D eigenvalue weighted by Crippen LogP contribution is -2.29. The minimum atomic E-state index is -3.66. The van der Waals surface area contributed by atoms with Crippen LogP contribution < -0.4 is 15.8 Å². The smallest absolute Gasteiger partial charge is 0.404 e. The van der Waals surface area contributed by atoms with E-state index in [2.05, 4.69) is 14.8 Å². The van der Waals surface area contributed by atoms with Gasteiger partial charge in [0.2, 0.25) is 10.0 Å². The number of sulfonamides is 1. The molecule has 0 aliphatic heterocycles. The average Bonchev–Trinajstić information content (AvgIpc) is 2.35. The standard InChI is InChI=1S/C11H17N3O4S/c1-2-13-9-5-3-4-6-10(9)19(16,17)14-7-8-18-11(12)15/h3-6,13-14H,2,7-8H2,1H3,(H2,12,15). The van der Waals surface area contributed by atoms with Gasteiger partial charge in [0.1, 0.15) is 11.5 Å².